The molecule has 0 unspecified atom stereocenters. The number of aromatic nitrogens is 2. The van der Waals surface area contributed by atoms with Gasteiger partial charge in [0.2, 0.25) is 0 Å². The second-order valence-corrected chi connectivity index (χ2v) is 5.47. The molecule has 4 heteroatoms. The summed E-state index contributed by atoms with van der Waals surface area (Å²) in [7, 11) is 0. The van der Waals surface area contributed by atoms with Crippen LogP contribution in [0.5, 0.6) is 0 Å². The molecule has 0 amide bonds. The third kappa shape index (κ3) is 4.50. The van der Waals surface area contributed by atoms with Crippen molar-refractivity contribution in [2.75, 3.05) is 18.0 Å². The number of rotatable bonds is 7. The zero-order valence-electron chi connectivity index (χ0n) is 13.3. The predicted molar refractivity (Wildman–Crippen MR) is 84.8 cm³/mol. The molecule has 0 fully saturated rings. The third-order valence-electron chi connectivity index (χ3n) is 3.06. The first-order valence-corrected chi connectivity index (χ1v) is 7.27. The van der Waals surface area contributed by atoms with E-state index in [4.69, 9.17) is 11.4 Å². The Hall–Kier alpha value is -1.60. The molecule has 0 aliphatic carbocycles. The molecule has 0 bridgehead atoms. The van der Waals surface area contributed by atoms with Gasteiger partial charge in [-0.05, 0) is 6.92 Å². The molecule has 110 valence electrons. The van der Waals surface area contributed by atoms with Gasteiger partial charge in [-0.3, -0.25) is 0 Å². The molecule has 1 aromatic heterocycles. The smallest absolute Gasteiger partial charge is 0.131 e. The summed E-state index contributed by atoms with van der Waals surface area (Å²) in [6.45, 7) is 12.7. The van der Waals surface area contributed by atoms with Crippen molar-refractivity contribution in [1.29, 1.82) is 0 Å². The lowest BCUT2D eigenvalue weighted by atomic mass is 10.2. The summed E-state index contributed by atoms with van der Waals surface area (Å²) in [4.78, 5) is 11.3. The van der Waals surface area contributed by atoms with Crippen LogP contribution in [0.3, 0.4) is 0 Å². The minimum absolute atomic E-state index is 0.324. The van der Waals surface area contributed by atoms with E-state index in [1.807, 2.05) is 6.20 Å². The maximum Gasteiger partial charge on any atom is 0.131 e. The van der Waals surface area contributed by atoms with Crippen molar-refractivity contribution in [2.24, 2.45) is 0 Å². The van der Waals surface area contributed by atoms with E-state index < -0.39 is 0 Å². The number of nitrogens with one attached hydrogen (secondary N) is 1. The van der Waals surface area contributed by atoms with Crippen LogP contribution in [0.2, 0.25) is 0 Å². The van der Waals surface area contributed by atoms with E-state index in [0.29, 0.717) is 18.5 Å². The standard InChI is InChI=1S/C16H26N4/c1-7-9-20(8-2)15-11-18-16(12(3)4)19-14(15)10-17-13(5)6/h1,11-13,17H,8-10H2,2-6H3. The number of hydrogen-bond donors (Lipinski definition) is 1. The van der Waals surface area contributed by atoms with E-state index in [-0.39, 0.29) is 0 Å². The summed E-state index contributed by atoms with van der Waals surface area (Å²) >= 11 is 0. The minimum atomic E-state index is 0.324. The monoisotopic (exact) mass is 274 g/mol. The molecule has 0 spiro atoms. The molecule has 1 aromatic rings. The molecule has 0 radical (unpaired) electrons. The van der Waals surface area contributed by atoms with Gasteiger partial charge in [0.25, 0.3) is 0 Å². The highest BCUT2D eigenvalue weighted by molar-refractivity contribution is 5.50. The minimum Gasteiger partial charge on any atom is -0.358 e. The zero-order valence-corrected chi connectivity index (χ0v) is 13.3. The Bertz CT molecular complexity index is 460. The van der Waals surface area contributed by atoms with E-state index in [1.165, 1.54) is 0 Å². The van der Waals surface area contributed by atoms with Crippen LogP contribution in [-0.2, 0) is 6.54 Å². The Morgan fingerprint density at radius 1 is 1.35 bits per heavy atom. The third-order valence-corrected chi connectivity index (χ3v) is 3.06. The van der Waals surface area contributed by atoms with Gasteiger partial charge in [-0.25, -0.2) is 9.97 Å². The van der Waals surface area contributed by atoms with E-state index in [0.717, 1.165) is 30.3 Å². The summed E-state index contributed by atoms with van der Waals surface area (Å²) in [5.74, 6) is 3.90. The lowest BCUT2D eigenvalue weighted by molar-refractivity contribution is 0.576. The molecule has 4 nitrogen and oxygen atoms in total. The van der Waals surface area contributed by atoms with Gasteiger partial charge in [-0.15, -0.1) is 6.42 Å². The fraction of sp³-hybridized carbons (Fsp3) is 0.625. The van der Waals surface area contributed by atoms with Crippen LogP contribution in [0.4, 0.5) is 5.69 Å². The molecule has 0 saturated heterocycles. The average Bonchev–Trinajstić information content (AvgIpc) is 2.42. The first kappa shape index (κ1) is 16.5. The lowest BCUT2D eigenvalue weighted by Gasteiger charge is -2.23. The van der Waals surface area contributed by atoms with Gasteiger partial charge in [0.1, 0.15) is 5.82 Å². The molecule has 0 aliphatic rings. The fourth-order valence-corrected chi connectivity index (χ4v) is 1.88. The number of anilines is 1. The molecule has 0 atom stereocenters. The van der Waals surface area contributed by atoms with Crippen LogP contribution in [0.15, 0.2) is 6.20 Å². The Morgan fingerprint density at radius 3 is 2.55 bits per heavy atom. The van der Waals surface area contributed by atoms with E-state index in [1.54, 1.807) is 0 Å². The van der Waals surface area contributed by atoms with Crippen LogP contribution in [0, 0.1) is 12.3 Å². The van der Waals surface area contributed by atoms with Gasteiger partial charge in [0.15, 0.2) is 0 Å². The van der Waals surface area contributed by atoms with E-state index in [2.05, 4.69) is 55.7 Å². The van der Waals surface area contributed by atoms with Gasteiger partial charge in [0.05, 0.1) is 24.1 Å². The van der Waals surface area contributed by atoms with Gasteiger partial charge in [-0.2, -0.15) is 0 Å². The van der Waals surface area contributed by atoms with Crippen LogP contribution < -0.4 is 10.2 Å². The highest BCUT2D eigenvalue weighted by Crippen LogP contribution is 2.20. The average molecular weight is 274 g/mol. The maximum atomic E-state index is 5.44. The van der Waals surface area contributed by atoms with Crippen LogP contribution in [-0.4, -0.2) is 29.1 Å². The summed E-state index contributed by atoms with van der Waals surface area (Å²) in [5, 5.41) is 3.42. The highest BCUT2D eigenvalue weighted by Gasteiger charge is 2.14. The Kier molecular flexibility index (Phi) is 6.47. The lowest BCUT2D eigenvalue weighted by Crippen LogP contribution is -2.28. The van der Waals surface area contributed by atoms with Crippen molar-refractivity contribution in [3.63, 3.8) is 0 Å². The van der Waals surface area contributed by atoms with E-state index >= 15 is 0 Å². The molecular formula is C16H26N4. The Balaban J connectivity index is 3.10. The molecule has 0 aliphatic heterocycles. The SMILES string of the molecule is C#CCN(CC)c1cnc(C(C)C)nc1CNC(C)C. The van der Waals surface area contributed by atoms with Crippen LogP contribution >= 0.6 is 0 Å². The summed E-state index contributed by atoms with van der Waals surface area (Å²) in [6, 6.07) is 0.419. The number of terminal acetylenes is 1. The van der Waals surface area contributed by atoms with Crippen molar-refractivity contribution in [3.8, 4) is 12.3 Å². The Morgan fingerprint density at radius 2 is 2.05 bits per heavy atom. The topological polar surface area (TPSA) is 41.1 Å². The van der Waals surface area contributed by atoms with E-state index in [9.17, 15) is 0 Å². The predicted octanol–water partition coefficient (Wildman–Crippen LogP) is 2.56. The Labute approximate surface area is 123 Å². The highest BCUT2D eigenvalue weighted by atomic mass is 15.1. The quantitative estimate of drug-likeness (QED) is 0.776. The van der Waals surface area contributed by atoms with Crippen LogP contribution in [0.1, 0.15) is 52.1 Å². The summed E-state index contributed by atoms with van der Waals surface area (Å²) < 4.78 is 0. The molecular weight excluding hydrogens is 248 g/mol. The maximum absolute atomic E-state index is 5.44. The second kappa shape index (κ2) is 7.86. The normalized spacial score (nSPS) is 10.9. The van der Waals surface area contributed by atoms with Crippen molar-refractivity contribution in [2.45, 2.75) is 53.1 Å². The summed E-state index contributed by atoms with van der Waals surface area (Å²) in [5.41, 5.74) is 2.05. The second-order valence-electron chi connectivity index (χ2n) is 5.47. The van der Waals surface area contributed by atoms with Crippen molar-refractivity contribution < 1.29 is 0 Å². The molecule has 0 saturated carbocycles. The largest absolute Gasteiger partial charge is 0.358 e. The zero-order chi connectivity index (χ0) is 15.1. The van der Waals surface area contributed by atoms with Crippen molar-refractivity contribution in [3.05, 3.63) is 17.7 Å². The molecule has 1 heterocycles. The van der Waals surface area contributed by atoms with Crippen molar-refractivity contribution in [1.82, 2.24) is 15.3 Å². The van der Waals surface area contributed by atoms with Gasteiger partial charge < -0.3 is 10.2 Å². The van der Waals surface area contributed by atoms with Gasteiger partial charge in [-0.1, -0.05) is 33.6 Å². The first-order chi connectivity index (χ1) is 9.49. The molecule has 1 N–H and O–H groups in total. The summed E-state index contributed by atoms with van der Waals surface area (Å²) in [6.07, 6.45) is 7.35. The van der Waals surface area contributed by atoms with Gasteiger partial charge >= 0.3 is 0 Å². The number of nitrogens with zero attached hydrogens (tertiary/aromatic N) is 3. The molecule has 0 aromatic carbocycles. The molecule has 1 rings (SSSR count). The van der Waals surface area contributed by atoms with Gasteiger partial charge in [0, 0.05) is 25.0 Å². The fourth-order valence-electron chi connectivity index (χ4n) is 1.88. The molecule has 20 heavy (non-hydrogen) atoms. The number of hydrogen-bond acceptors (Lipinski definition) is 4. The van der Waals surface area contributed by atoms with Crippen LogP contribution in [0.25, 0.3) is 0 Å². The van der Waals surface area contributed by atoms with Crippen molar-refractivity contribution >= 4 is 5.69 Å². The first-order valence-electron chi connectivity index (χ1n) is 7.27.